The van der Waals surface area contributed by atoms with Crippen molar-refractivity contribution in [3.05, 3.63) is 10.4 Å². The van der Waals surface area contributed by atoms with Gasteiger partial charge < -0.3 is 25.2 Å². The van der Waals surface area contributed by atoms with Crippen LogP contribution in [0.15, 0.2) is 4.79 Å². The van der Waals surface area contributed by atoms with Gasteiger partial charge in [-0.15, -0.1) is 0 Å². The maximum atomic E-state index is 13.2. The van der Waals surface area contributed by atoms with E-state index in [4.69, 9.17) is 15.0 Å². The standard InChI is InChI=1S/C18H34N7O4P/c1-11(2)24-7-13(9-28-30(27,12(3)4)23(5)6)29-14(8-24)25-10-20-15-16(25)21-18(19)22-17(15)26/h11-14,20H,7-10H2,1-6H3,(H3,19,21,22,26). The van der Waals surface area contributed by atoms with Gasteiger partial charge in [0.15, 0.2) is 5.82 Å². The fourth-order valence-corrected chi connectivity index (χ4v) is 5.60. The molecule has 3 heterocycles. The van der Waals surface area contributed by atoms with E-state index in [1.807, 2.05) is 18.7 Å². The van der Waals surface area contributed by atoms with Crippen LogP contribution in [0.4, 0.5) is 17.5 Å². The maximum Gasteiger partial charge on any atom is 0.277 e. The molecule has 30 heavy (non-hydrogen) atoms. The number of nitrogen functional groups attached to an aromatic ring is 1. The molecule has 2 aliphatic heterocycles. The molecule has 1 aromatic heterocycles. The number of H-pyrrole nitrogens is 1. The molecular formula is C18H34N7O4P. The molecule has 2 aliphatic rings. The van der Waals surface area contributed by atoms with E-state index in [2.05, 4.69) is 34.0 Å². The summed E-state index contributed by atoms with van der Waals surface area (Å²) in [5.41, 5.74) is 5.71. The van der Waals surface area contributed by atoms with Crippen molar-refractivity contribution < 1.29 is 13.8 Å². The molecule has 4 N–H and O–H groups in total. The second-order valence-electron chi connectivity index (χ2n) is 8.52. The molecule has 1 fully saturated rings. The zero-order valence-electron chi connectivity index (χ0n) is 18.6. The molecular weight excluding hydrogens is 409 g/mol. The van der Waals surface area contributed by atoms with Crippen molar-refractivity contribution in [3.63, 3.8) is 0 Å². The molecule has 3 unspecified atom stereocenters. The summed E-state index contributed by atoms with van der Waals surface area (Å²) in [6.07, 6.45) is -0.628. The summed E-state index contributed by atoms with van der Waals surface area (Å²) in [5.74, 6) is 0.542. The Hall–Kier alpha value is -1.65. The monoisotopic (exact) mass is 443 g/mol. The molecule has 0 spiro atoms. The van der Waals surface area contributed by atoms with Gasteiger partial charge >= 0.3 is 0 Å². The van der Waals surface area contributed by atoms with Crippen LogP contribution in [-0.4, -0.2) is 84.0 Å². The lowest BCUT2D eigenvalue weighted by atomic mass is 10.2. The number of nitrogens with zero attached hydrogens (tertiary/aromatic N) is 4. The molecule has 11 nitrogen and oxygen atoms in total. The van der Waals surface area contributed by atoms with E-state index < -0.39 is 7.52 Å². The van der Waals surface area contributed by atoms with E-state index in [-0.39, 0.29) is 42.1 Å². The predicted molar refractivity (Wildman–Crippen MR) is 118 cm³/mol. The highest BCUT2D eigenvalue weighted by Gasteiger charge is 2.39. The number of hydrogen-bond donors (Lipinski definition) is 3. The third-order valence-corrected chi connectivity index (χ3v) is 8.47. The number of hydrogen-bond acceptors (Lipinski definition) is 9. The van der Waals surface area contributed by atoms with E-state index in [0.717, 1.165) is 0 Å². The van der Waals surface area contributed by atoms with Crippen LogP contribution in [0.1, 0.15) is 27.7 Å². The first-order valence-electron chi connectivity index (χ1n) is 10.2. The topological polar surface area (TPSA) is 129 Å². The lowest BCUT2D eigenvalue weighted by molar-refractivity contribution is -0.106. The second kappa shape index (κ2) is 8.84. The summed E-state index contributed by atoms with van der Waals surface area (Å²) in [5, 5.41) is 3.07. The van der Waals surface area contributed by atoms with Crippen LogP contribution < -0.4 is 21.5 Å². The predicted octanol–water partition coefficient (Wildman–Crippen LogP) is 1.16. The summed E-state index contributed by atoms with van der Waals surface area (Å²) in [4.78, 5) is 23.2. The van der Waals surface area contributed by atoms with E-state index in [1.165, 1.54) is 0 Å². The number of morpholine rings is 1. The quantitative estimate of drug-likeness (QED) is 0.528. The Morgan fingerprint density at radius 3 is 2.63 bits per heavy atom. The molecule has 1 aromatic rings. The summed E-state index contributed by atoms with van der Waals surface area (Å²) in [6.45, 7) is 9.94. The minimum Gasteiger partial charge on any atom is -0.369 e. The number of ether oxygens (including phenoxy) is 1. The van der Waals surface area contributed by atoms with E-state index in [0.29, 0.717) is 31.3 Å². The Morgan fingerprint density at radius 2 is 2.03 bits per heavy atom. The van der Waals surface area contributed by atoms with Gasteiger partial charge in [-0.05, 0) is 27.9 Å². The van der Waals surface area contributed by atoms with Gasteiger partial charge in [-0.3, -0.25) is 19.2 Å². The number of aromatic amines is 1. The van der Waals surface area contributed by atoms with Crippen molar-refractivity contribution in [1.82, 2.24) is 19.5 Å². The molecule has 3 rings (SSSR count). The van der Waals surface area contributed by atoms with Crippen LogP contribution in [0.5, 0.6) is 0 Å². The summed E-state index contributed by atoms with van der Waals surface area (Å²) in [7, 11) is 0.590. The third-order valence-electron chi connectivity index (χ3n) is 5.53. The van der Waals surface area contributed by atoms with Crippen LogP contribution in [-0.2, 0) is 13.8 Å². The van der Waals surface area contributed by atoms with E-state index in [9.17, 15) is 9.36 Å². The van der Waals surface area contributed by atoms with Gasteiger partial charge in [0, 0.05) is 24.8 Å². The number of nitrogens with two attached hydrogens (primary N) is 1. The fourth-order valence-electron chi connectivity index (χ4n) is 3.77. The SMILES string of the molecule is CC(C)N1CC(COP(=O)(C(C)C)N(C)C)OC(N2CNc3c2nc(N)[nH]c3=O)C1. The van der Waals surface area contributed by atoms with Gasteiger partial charge in [-0.25, -0.2) is 4.67 Å². The number of nitrogens with one attached hydrogen (secondary N) is 2. The van der Waals surface area contributed by atoms with Crippen LogP contribution >= 0.6 is 7.52 Å². The van der Waals surface area contributed by atoms with Crippen molar-refractivity contribution in [1.29, 1.82) is 0 Å². The Kier molecular flexibility index (Phi) is 6.78. The van der Waals surface area contributed by atoms with Crippen LogP contribution in [0, 0.1) is 0 Å². The van der Waals surface area contributed by atoms with Crippen molar-refractivity contribution >= 4 is 25.0 Å². The maximum absolute atomic E-state index is 13.2. The van der Waals surface area contributed by atoms with Crippen molar-refractivity contribution in [2.45, 2.75) is 51.7 Å². The zero-order valence-corrected chi connectivity index (χ0v) is 19.5. The average molecular weight is 443 g/mol. The van der Waals surface area contributed by atoms with Crippen molar-refractivity contribution in [2.75, 3.05) is 56.4 Å². The summed E-state index contributed by atoms with van der Waals surface area (Å²) >= 11 is 0. The lowest BCUT2D eigenvalue weighted by Gasteiger charge is -2.43. The number of rotatable bonds is 7. The zero-order chi connectivity index (χ0) is 22.2. The molecule has 0 saturated carbocycles. The Labute approximate surface area is 177 Å². The molecule has 0 aromatic carbocycles. The minimum atomic E-state index is -2.95. The number of fused-ring (bicyclic) bond motifs is 1. The highest BCUT2D eigenvalue weighted by Crippen LogP contribution is 2.53. The lowest BCUT2D eigenvalue weighted by Crippen LogP contribution is -2.57. The first-order chi connectivity index (χ1) is 14.0. The van der Waals surface area contributed by atoms with Gasteiger partial charge in [0.05, 0.1) is 19.4 Å². The minimum absolute atomic E-state index is 0.0627. The Bertz CT molecular complexity index is 847. The first kappa shape index (κ1) is 23.0. The second-order valence-corrected chi connectivity index (χ2v) is 11.7. The molecule has 0 amide bonds. The normalized spacial score (nSPS) is 24.4. The Morgan fingerprint density at radius 1 is 1.33 bits per heavy atom. The van der Waals surface area contributed by atoms with Crippen LogP contribution in [0.2, 0.25) is 0 Å². The first-order valence-corrected chi connectivity index (χ1v) is 11.9. The summed E-state index contributed by atoms with van der Waals surface area (Å²) in [6, 6.07) is 0.289. The molecule has 0 aliphatic carbocycles. The fraction of sp³-hybridized carbons (Fsp3) is 0.778. The van der Waals surface area contributed by atoms with Gasteiger partial charge in [0.25, 0.3) is 13.1 Å². The van der Waals surface area contributed by atoms with Crippen molar-refractivity contribution in [3.8, 4) is 0 Å². The molecule has 1 saturated heterocycles. The largest absolute Gasteiger partial charge is 0.369 e. The molecule has 3 atom stereocenters. The van der Waals surface area contributed by atoms with E-state index in [1.54, 1.807) is 18.8 Å². The number of anilines is 3. The van der Waals surface area contributed by atoms with E-state index >= 15 is 0 Å². The highest BCUT2D eigenvalue weighted by molar-refractivity contribution is 7.57. The molecule has 12 heteroatoms. The molecule has 0 radical (unpaired) electrons. The third kappa shape index (κ3) is 4.50. The van der Waals surface area contributed by atoms with Crippen LogP contribution in [0.25, 0.3) is 0 Å². The highest BCUT2D eigenvalue weighted by atomic mass is 31.2. The average Bonchev–Trinajstić information content (AvgIpc) is 3.09. The molecule has 170 valence electrons. The van der Waals surface area contributed by atoms with Crippen molar-refractivity contribution in [2.24, 2.45) is 0 Å². The smallest absolute Gasteiger partial charge is 0.277 e. The van der Waals surface area contributed by atoms with Gasteiger partial charge in [0.2, 0.25) is 5.95 Å². The number of aromatic nitrogens is 2. The van der Waals surface area contributed by atoms with Gasteiger partial charge in [0.1, 0.15) is 11.9 Å². The van der Waals surface area contributed by atoms with Crippen LogP contribution in [0.3, 0.4) is 0 Å². The summed E-state index contributed by atoms with van der Waals surface area (Å²) < 4.78 is 27.1. The molecule has 0 bridgehead atoms. The Balaban J connectivity index is 1.79. The van der Waals surface area contributed by atoms with Gasteiger partial charge in [-0.1, -0.05) is 13.8 Å². The van der Waals surface area contributed by atoms with Gasteiger partial charge in [-0.2, -0.15) is 4.98 Å².